The summed E-state index contributed by atoms with van der Waals surface area (Å²) in [6, 6.07) is 19.7. The number of imidazole rings is 1. The number of aromatic nitrogens is 2. The molecule has 0 radical (unpaired) electrons. The second kappa shape index (κ2) is 13.7. The van der Waals surface area contributed by atoms with Gasteiger partial charge in [-0.3, -0.25) is 4.79 Å². The number of hydrogen-bond acceptors (Lipinski definition) is 5. The largest absolute Gasteiger partial charge is 0.494 e. The molecule has 0 saturated carbocycles. The smallest absolute Gasteiger partial charge is 0.251 e. The SMILES string of the molecule is COc1ccc(C(=O)NCCCCCc2nc3ccccc3n2CCCOc2ccc(C)c(C)c2)cc1OC. The number of carbonyl (C=O) groups excluding carboxylic acids is 1. The van der Waals surface area contributed by atoms with Crippen LogP contribution in [0, 0.1) is 13.8 Å². The number of hydrogen-bond donors (Lipinski definition) is 1. The number of unbranched alkanes of at least 4 members (excludes halogenated alkanes) is 2. The third-order valence-corrected chi connectivity index (χ3v) is 7.02. The van der Waals surface area contributed by atoms with Gasteiger partial charge in [0.25, 0.3) is 5.91 Å². The van der Waals surface area contributed by atoms with Crippen LogP contribution in [0.5, 0.6) is 17.2 Å². The van der Waals surface area contributed by atoms with Gasteiger partial charge in [-0.2, -0.15) is 0 Å². The van der Waals surface area contributed by atoms with Gasteiger partial charge in [0.1, 0.15) is 11.6 Å². The number of amides is 1. The molecular formula is C32H39N3O4. The van der Waals surface area contributed by atoms with Crippen molar-refractivity contribution in [2.75, 3.05) is 27.4 Å². The van der Waals surface area contributed by atoms with Crippen LogP contribution < -0.4 is 19.5 Å². The van der Waals surface area contributed by atoms with Crippen molar-refractivity contribution < 1.29 is 19.0 Å². The summed E-state index contributed by atoms with van der Waals surface area (Å²) in [7, 11) is 3.14. The van der Waals surface area contributed by atoms with Gasteiger partial charge in [0, 0.05) is 25.1 Å². The lowest BCUT2D eigenvalue weighted by Gasteiger charge is -2.12. The van der Waals surface area contributed by atoms with Crippen LogP contribution in [0.4, 0.5) is 0 Å². The lowest BCUT2D eigenvalue weighted by molar-refractivity contribution is 0.0952. The summed E-state index contributed by atoms with van der Waals surface area (Å²) in [4.78, 5) is 17.4. The molecule has 0 unspecified atom stereocenters. The normalized spacial score (nSPS) is 11.0. The third kappa shape index (κ3) is 7.31. The fourth-order valence-electron chi connectivity index (χ4n) is 4.65. The van der Waals surface area contributed by atoms with E-state index in [4.69, 9.17) is 19.2 Å². The van der Waals surface area contributed by atoms with E-state index in [1.165, 1.54) is 16.6 Å². The van der Waals surface area contributed by atoms with Gasteiger partial charge in [-0.1, -0.05) is 24.6 Å². The summed E-state index contributed by atoms with van der Waals surface area (Å²) in [5.74, 6) is 3.07. The highest BCUT2D eigenvalue weighted by atomic mass is 16.5. The molecule has 7 nitrogen and oxygen atoms in total. The number of carbonyl (C=O) groups is 1. The van der Waals surface area contributed by atoms with Crippen molar-refractivity contribution in [3.8, 4) is 17.2 Å². The molecule has 4 aromatic rings. The minimum atomic E-state index is -0.110. The lowest BCUT2D eigenvalue weighted by atomic mass is 10.1. The maximum atomic E-state index is 12.5. The van der Waals surface area contributed by atoms with E-state index < -0.39 is 0 Å². The van der Waals surface area contributed by atoms with Crippen molar-refractivity contribution in [2.45, 2.75) is 52.5 Å². The fourth-order valence-corrected chi connectivity index (χ4v) is 4.65. The summed E-state index contributed by atoms with van der Waals surface area (Å²) < 4.78 is 18.9. The van der Waals surface area contributed by atoms with E-state index in [0.29, 0.717) is 30.2 Å². The van der Waals surface area contributed by atoms with Crippen LogP contribution in [0.25, 0.3) is 11.0 Å². The van der Waals surface area contributed by atoms with Gasteiger partial charge in [0.05, 0.1) is 31.9 Å². The highest BCUT2D eigenvalue weighted by Gasteiger charge is 2.12. The Kier molecular flexibility index (Phi) is 9.84. The first kappa shape index (κ1) is 28.0. The predicted molar refractivity (Wildman–Crippen MR) is 155 cm³/mol. The Hall–Kier alpha value is -4.00. The molecule has 39 heavy (non-hydrogen) atoms. The monoisotopic (exact) mass is 529 g/mol. The fraction of sp³-hybridized carbons (Fsp3) is 0.375. The maximum Gasteiger partial charge on any atom is 0.251 e. The number of benzene rings is 3. The second-order valence-electron chi connectivity index (χ2n) is 9.75. The summed E-state index contributed by atoms with van der Waals surface area (Å²) in [6.07, 6.45) is 4.72. The zero-order valence-electron chi connectivity index (χ0n) is 23.5. The Morgan fingerprint density at radius 1 is 0.872 bits per heavy atom. The molecule has 0 spiro atoms. The predicted octanol–water partition coefficient (Wildman–Crippen LogP) is 6.28. The Morgan fingerprint density at radius 3 is 2.49 bits per heavy atom. The van der Waals surface area contributed by atoms with Crippen LogP contribution in [0.3, 0.4) is 0 Å². The minimum Gasteiger partial charge on any atom is -0.494 e. The molecule has 1 amide bonds. The van der Waals surface area contributed by atoms with E-state index in [2.05, 4.69) is 54.1 Å². The number of nitrogens with one attached hydrogen (secondary N) is 1. The first-order valence-corrected chi connectivity index (χ1v) is 13.6. The van der Waals surface area contributed by atoms with Crippen molar-refractivity contribution in [1.82, 2.24) is 14.9 Å². The molecule has 0 fully saturated rings. The highest BCUT2D eigenvalue weighted by molar-refractivity contribution is 5.94. The Labute approximate surface area is 231 Å². The van der Waals surface area contributed by atoms with E-state index in [1.54, 1.807) is 32.4 Å². The molecule has 1 N–H and O–H groups in total. The van der Waals surface area contributed by atoms with E-state index in [1.807, 2.05) is 12.1 Å². The molecule has 0 saturated heterocycles. The molecule has 3 aromatic carbocycles. The number of rotatable bonds is 14. The number of methoxy groups -OCH3 is 2. The molecule has 0 atom stereocenters. The zero-order valence-corrected chi connectivity index (χ0v) is 23.5. The molecule has 206 valence electrons. The zero-order chi connectivity index (χ0) is 27.6. The van der Waals surface area contributed by atoms with E-state index in [0.717, 1.165) is 55.7 Å². The van der Waals surface area contributed by atoms with Gasteiger partial charge in [-0.25, -0.2) is 4.98 Å². The van der Waals surface area contributed by atoms with Crippen molar-refractivity contribution >= 4 is 16.9 Å². The Balaban J connectivity index is 1.24. The summed E-state index contributed by atoms with van der Waals surface area (Å²) >= 11 is 0. The summed E-state index contributed by atoms with van der Waals surface area (Å²) in [6.45, 7) is 6.37. The molecule has 0 aliphatic heterocycles. The quantitative estimate of drug-likeness (QED) is 0.195. The van der Waals surface area contributed by atoms with Gasteiger partial charge >= 0.3 is 0 Å². The van der Waals surface area contributed by atoms with Crippen molar-refractivity contribution in [2.24, 2.45) is 0 Å². The van der Waals surface area contributed by atoms with Crippen molar-refractivity contribution in [1.29, 1.82) is 0 Å². The standard InChI is InChI=1S/C32H39N3O4/c1-23-14-16-26(21-24(23)2)39-20-10-19-35-28-12-8-7-11-27(28)34-31(35)13-6-5-9-18-33-32(36)25-15-17-29(37-3)30(22-25)38-4/h7-8,11-12,14-17,21-22H,5-6,9-10,13,18-20H2,1-4H3,(H,33,36). The molecule has 0 aliphatic rings. The topological polar surface area (TPSA) is 74.6 Å². The maximum absolute atomic E-state index is 12.5. The summed E-state index contributed by atoms with van der Waals surface area (Å²) in [5.41, 5.74) is 5.28. The Morgan fingerprint density at radius 2 is 1.69 bits per heavy atom. The summed E-state index contributed by atoms with van der Waals surface area (Å²) in [5, 5.41) is 3.00. The minimum absolute atomic E-state index is 0.110. The van der Waals surface area contributed by atoms with Crippen LogP contribution in [0.1, 0.15) is 53.0 Å². The third-order valence-electron chi connectivity index (χ3n) is 7.02. The van der Waals surface area contributed by atoms with E-state index >= 15 is 0 Å². The molecule has 4 rings (SSSR count). The number of para-hydroxylation sites is 2. The number of fused-ring (bicyclic) bond motifs is 1. The average molecular weight is 530 g/mol. The molecule has 1 aromatic heterocycles. The molecule has 1 heterocycles. The Bertz CT molecular complexity index is 1400. The molecule has 0 aliphatic carbocycles. The van der Waals surface area contributed by atoms with Crippen LogP contribution in [-0.4, -0.2) is 42.8 Å². The molecule has 7 heteroatoms. The van der Waals surface area contributed by atoms with Crippen molar-refractivity contribution in [3.63, 3.8) is 0 Å². The molecular weight excluding hydrogens is 490 g/mol. The van der Waals surface area contributed by atoms with Crippen LogP contribution in [0.2, 0.25) is 0 Å². The number of aryl methyl sites for hydroxylation is 4. The molecule has 0 bridgehead atoms. The van der Waals surface area contributed by atoms with Gasteiger partial charge in [0.2, 0.25) is 0 Å². The van der Waals surface area contributed by atoms with Gasteiger partial charge in [-0.15, -0.1) is 0 Å². The van der Waals surface area contributed by atoms with E-state index in [-0.39, 0.29) is 5.91 Å². The van der Waals surface area contributed by atoms with Crippen LogP contribution >= 0.6 is 0 Å². The lowest BCUT2D eigenvalue weighted by Crippen LogP contribution is -2.24. The van der Waals surface area contributed by atoms with Gasteiger partial charge in [0.15, 0.2) is 11.5 Å². The number of ether oxygens (including phenoxy) is 3. The van der Waals surface area contributed by atoms with Gasteiger partial charge in [-0.05, 0) is 86.7 Å². The van der Waals surface area contributed by atoms with Gasteiger partial charge < -0.3 is 24.1 Å². The van der Waals surface area contributed by atoms with E-state index in [9.17, 15) is 4.79 Å². The second-order valence-corrected chi connectivity index (χ2v) is 9.75. The van der Waals surface area contributed by atoms with Crippen LogP contribution in [-0.2, 0) is 13.0 Å². The van der Waals surface area contributed by atoms with Crippen molar-refractivity contribution in [3.05, 3.63) is 83.2 Å². The first-order valence-electron chi connectivity index (χ1n) is 13.6. The van der Waals surface area contributed by atoms with Crippen LogP contribution in [0.15, 0.2) is 60.7 Å². The number of nitrogens with zero attached hydrogens (tertiary/aromatic N) is 2. The first-order chi connectivity index (χ1) is 19.0. The highest BCUT2D eigenvalue weighted by Crippen LogP contribution is 2.27. The average Bonchev–Trinajstić information content (AvgIpc) is 3.31.